The van der Waals surface area contributed by atoms with Gasteiger partial charge in [-0.2, -0.15) is 13.2 Å². The zero-order valence-electron chi connectivity index (χ0n) is 23.8. The third-order valence-corrected chi connectivity index (χ3v) is 9.65. The summed E-state index contributed by atoms with van der Waals surface area (Å²) >= 11 is 5.87. The van der Waals surface area contributed by atoms with Crippen molar-refractivity contribution in [3.63, 3.8) is 0 Å². The molecular formula is C27H32ClF4N3O7S. The fourth-order valence-corrected chi connectivity index (χ4v) is 6.81. The van der Waals surface area contributed by atoms with Gasteiger partial charge in [0.1, 0.15) is 11.4 Å². The van der Waals surface area contributed by atoms with E-state index in [1.165, 1.54) is 12.2 Å². The van der Waals surface area contributed by atoms with Crippen LogP contribution in [0.25, 0.3) is 0 Å². The molecule has 43 heavy (non-hydrogen) atoms. The molecule has 2 amide bonds. The van der Waals surface area contributed by atoms with Gasteiger partial charge >= 0.3 is 12.3 Å². The molecule has 0 saturated carbocycles. The third kappa shape index (κ3) is 6.94. The Balaban J connectivity index is 1.62. The summed E-state index contributed by atoms with van der Waals surface area (Å²) in [5, 5.41) is 4.59. The Kier molecular flexibility index (Phi) is 9.14. The molecule has 1 aromatic carbocycles. The first kappa shape index (κ1) is 33.0. The predicted octanol–water partition coefficient (Wildman–Crippen LogP) is 4.41. The van der Waals surface area contributed by atoms with Gasteiger partial charge in [0.25, 0.3) is 10.0 Å². The van der Waals surface area contributed by atoms with Crippen LogP contribution in [0, 0.1) is 11.7 Å². The Bertz CT molecular complexity index is 1450. The number of ether oxygens (including phenoxy) is 3. The highest BCUT2D eigenvalue weighted by atomic mass is 35.5. The average molecular weight is 654 g/mol. The lowest BCUT2D eigenvalue weighted by Crippen LogP contribution is -2.57. The molecule has 2 aliphatic heterocycles. The molecule has 0 spiro atoms. The molecule has 1 aliphatic carbocycles. The number of amides is 2. The number of benzene rings is 1. The second-order valence-corrected chi connectivity index (χ2v) is 13.5. The van der Waals surface area contributed by atoms with Crippen LogP contribution >= 0.6 is 11.6 Å². The topological polar surface area (TPSA) is 123 Å². The van der Waals surface area contributed by atoms with Crippen molar-refractivity contribution >= 4 is 33.6 Å². The summed E-state index contributed by atoms with van der Waals surface area (Å²) in [5.41, 5.74) is -4.09. The van der Waals surface area contributed by atoms with E-state index in [2.05, 4.69) is 15.4 Å². The summed E-state index contributed by atoms with van der Waals surface area (Å²) in [6.07, 6.45) is -4.13. The summed E-state index contributed by atoms with van der Waals surface area (Å²) in [5.74, 6) is -1.47. The number of rotatable bonds is 7. The van der Waals surface area contributed by atoms with Crippen LogP contribution < -0.4 is 10.6 Å². The number of nitrogens with zero attached hydrogens (tertiary/aromatic N) is 1. The van der Waals surface area contributed by atoms with E-state index in [1.54, 1.807) is 13.8 Å². The maximum absolute atomic E-state index is 13.9. The minimum Gasteiger partial charge on any atom is -0.434 e. The predicted molar refractivity (Wildman–Crippen MR) is 146 cm³/mol. The highest BCUT2D eigenvalue weighted by Gasteiger charge is 2.51. The number of carbonyl (C=O) groups excluding carboxylic acids is 2. The van der Waals surface area contributed by atoms with Crippen molar-refractivity contribution in [2.45, 2.75) is 75.0 Å². The number of alkyl halides is 3. The van der Waals surface area contributed by atoms with Crippen molar-refractivity contribution in [1.29, 1.82) is 0 Å². The molecule has 10 nitrogen and oxygen atoms in total. The van der Waals surface area contributed by atoms with Gasteiger partial charge in [-0.15, -0.1) is 0 Å². The van der Waals surface area contributed by atoms with Crippen LogP contribution in [0.1, 0.15) is 40.5 Å². The standard InChI is InChI=1S/C27H32ClF4N3O7S/c1-15-19(8-10-40-15)23(36)33-13-17-14-35(43(38,39)18-5-6-21(29)20(28)12-18)22-11-16(7-9-26(22,4)41-17)34-24(37)42-25(2,3)27(30,31)32/h5-7,11-12,15,17,19H,8-10,13-14H2,1-4H3,(H,33,36)(H,34,37)/t15?,17-,19?,26?/m0/s1. The lowest BCUT2D eigenvalue weighted by molar-refractivity contribution is -0.243. The first-order valence-electron chi connectivity index (χ1n) is 13.4. The quantitative estimate of drug-likeness (QED) is 0.418. The van der Waals surface area contributed by atoms with E-state index in [4.69, 9.17) is 21.1 Å². The number of alkyl carbamates (subject to hydrolysis) is 1. The summed E-state index contributed by atoms with van der Waals surface area (Å²) in [6.45, 7) is 4.86. The van der Waals surface area contributed by atoms with Gasteiger partial charge in [0.15, 0.2) is 0 Å². The van der Waals surface area contributed by atoms with Crippen molar-refractivity contribution < 1.29 is 49.8 Å². The van der Waals surface area contributed by atoms with E-state index in [0.717, 1.165) is 22.5 Å². The fourth-order valence-electron chi connectivity index (χ4n) is 4.94. The number of hydrogen-bond acceptors (Lipinski definition) is 7. The van der Waals surface area contributed by atoms with Crippen LogP contribution in [0.4, 0.5) is 22.4 Å². The molecule has 2 N–H and O–H groups in total. The molecule has 0 aromatic heterocycles. The average Bonchev–Trinajstić information content (AvgIpc) is 3.33. The van der Waals surface area contributed by atoms with Gasteiger partial charge in [-0.05, 0) is 58.4 Å². The molecule has 2 fully saturated rings. The summed E-state index contributed by atoms with van der Waals surface area (Å²) in [7, 11) is -4.42. The second kappa shape index (κ2) is 11.9. The third-order valence-electron chi connectivity index (χ3n) is 7.58. The first-order chi connectivity index (χ1) is 19.8. The molecular weight excluding hydrogens is 622 g/mol. The number of nitrogens with one attached hydrogen (secondary N) is 2. The number of carbonyl (C=O) groups is 2. The van der Waals surface area contributed by atoms with Gasteiger partial charge < -0.3 is 19.5 Å². The van der Waals surface area contributed by atoms with E-state index >= 15 is 0 Å². The summed E-state index contributed by atoms with van der Waals surface area (Å²) < 4.78 is 98.6. The van der Waals surface area contributed by atoms with Crippen molar-refractivity contribution in [2.24, 2.45) is 5.92 Å². The van der Waals surface area contributed by atoms with E-state index in [1.807, 2.05) is 0 Å². The SMILES string of the molecule is CC1OCCC1C(=O)NC[C@H]1CN(S(=O)(=O)c2ccc(F)c(Cl)c2)C2=CC(NC(=O)OC(C)(C)C(F)(F)F)=CCC2(C)O1. The van der Waals surface area contributed by atoms with Crippen molar-refractivity contribution in [2.75, 3.05) is 19.7 Å². The molecule has 238 valence electrons. The molecule has 0 bridgehead atoms. The summed E-state index contributed by atoms with van der Waals surface area (Å²) in [4.78, 5) is 24.8. The van der Waals surface area contributed by atoms with E-state index in [9.17, 15) is 35.6 Å². The smallest absolute Gasteiger partial charge is 0.427 e. The highest BCUT2D eigenvalue weighted by Crippen LogP contribution is 2.41. The first-order valence-corrected chi connectivity index (χ1v) is 15.2. The van der Waals surface area contributed by atoms with Gasteiger partial charge in [0.05, 0.1) is 40.3 Å². The lowest BCUT2D eigenvalue weighted by atomic mass is 9.90. The van der Waals surface area contributed by atoms with E-state index in [0.29, 0.717) is 26.9 Å². The number of sulfonamides is 1. The zero-order valence-corrected chi connectivity index (χ0v) is 25.3. The highest BCUT2D eigenvalue weighted by molar-refractivity contribution is 7.89. The van der Waals surface area contributed by atoms with Crippen LogP contribution in [0.2, 0.25) is 5.02 Å². The minimum absolute atomic E-state index is 0.00868. The Hall–Kier alpha value is -2.88. The molecule has 2 heterocycles. The van der Waals surface area contributed by atoms with E-state index < -0.39 is 50.4 Å². The molecule has 0 radical (unpaired) electrons. The molecule has 2 saturated heterocycles. The Labute approximate surface area is 251 Å². The monoisotopic (exact) mass is 653 g/mol. The minimum atomic E-state index is -4.84. The fraction of sp³-hybridized carbons (Fsp3) is 0.556. The van der Waals surface area contributed by atoms with Crippen molar-refractivity contribution in [1.82, 2.24) is 14.9 Å². The lowest BCUT2D eigenvalue weighted by Gasteiger charge is -2.48. The molecule has 3 unspecified atom stereocenters. The van der Waals surface area contributed by atoms with Crippen LogP contribution in [-0.4, -0.2) is 74.0 Å². The van der Waals surface area contributed by atoms with Gasteiger partial charge in [0.2, 0.25) is 11.5 Å². The zero-order chi connectivity index (χ0) is 32.0. The molecule has 1 aromatic rings. The Morgan fingerprint density at radius 3 is 2.56 bits per heavy atom. The number of hydrogen-bond donors (Lipinski definition) is 2. The largest absolute Gasteiger partial charge is 0.434 e. The van der Waals surface area contributed by atoms with Crippen LogP contribution in [0.15, 0.2) is 46.6 Å². The van der Waals surface area contributed by atoms with Gasteiger partial charge in [0, 0.05) is 25.3 Å². The molecule has 4 atom stereocenters. The molecule has 4 rings (SSSR count). The normalized spacial score (nSPS) is 26.3. The van der Waals surface area contributed by atoms with Gasteiger partial charge in [-0.25, -0.2) is 17.6 Å². The maximum Gasteiger partial charge on any atom is 0.427 e. The molecule has 3 aliphatic rings. The van der Waals surface area contributed by atoms with Gasteiger partial charge in [-0.3, -0.25) is 14.4 Å². The maximum atomic E-state index is 13.9. The van der Waals surface area contributed by atoms with Crippen molar-refractivity contribution in [3.05, 3.63) is 52.6 Å². The van der Waals surface area contributed by atoms with Crippen molar-refractivity contribution in [3.8, 4) is 0 Å². The second-order valence-electron chi connectivity index (χ2n) is 11.2. The van der Waals surface area contributed by atoms with E-state index in [-0.39, 0.29) is 53.7 Å². The number of halogens is 5. The summed E-state index contributed by atoms with van der Waals surface area (Å²) in [6, 6.07) is 2.89. The Morgan fingerprint density at radius 2 is 1.95 bits per heavy atom. The number of morpholine rings is 1. The number of fused-ring (bicyclic) bond motifs is 1. The molecule has 16 heteroatoms. The van der Waals surface area contributed by atoms with Crippen LogP contribution in [-0.2, 0) is 29.0 Å². The van der Waals surface area contributed by atoms with Crippen LogP contribution in [0.5, 0.6) is 0 Å². The number of allylic oxidation sites excluding steroid dienone is 1. The van der Waals surface area contributed by atoms with Gasteiger partial charge in [-0.1, -0.05) is 17.7 Å². The Morgan fingerprint density at radius 1 is 1.26 bits per heavy atom. The van der Waals surface area contributed by atoms with Crippen LogP contribution in [0.3, 0.4) is 0 Å².